The highest BCUT2D eigenvalue weighted by Crippen LogP contribution is 2.29. The molecule has 94 valence electrons. The van der Waals surface area contributed by atoms with Crippen molar-refractivity contribution in [3.63, 3.8) is 0 Å². The molecule has 1 saturated carbocycles. The molecule has 2 unspecified atom stereocenters. The molecule has 0 bridgehead atoms. The Bertz CT molecular complexity index is 229. The third-order valence-corrected chi connectivity index (χ3v) is 3.69. The molecule has 0 radical (unpaired) electrons. The lowest BCUT2D eigenvalue weighted by Gasteiger charge is -2.22. The zero-order valence-electron chi connectivity index (χ0n) is 10.00. The Morgan fingerprint density at radius 3 is 2.56 bits per heavy atom. The molecule has 2 rings (SSSR count). The first-order chi connectivity index (χ1) is 7.25. The van der Waals surface area contributed by atoms with Gasteiger partial charge in [-0.3, -0.25) is 4.79 Å². The van der Waals surface area contributed by atoms with Crippen LogP contribution in [0.1, 0.15) is 39.0 Å². The third kappa shape index (κ3) is 4.30. The first kappa shape index (κ1) is 13.8. The van der Waals surface area contributed by atoms with Crippen LogP contribution in [0.2, 0.25) is 0 Å². The van der Waals surface area contributed by atoms with E-state index in [4.69, 9.17) is 0 Å². The Morgan fingerprint density at radius 1 is 1.38 bits per heavy atom. The number of rotatable bonds is 4. The minimum atomic E-state index is 0. The summed E-state index contributed by atoms with van der Waals surface area (Å²) >= 11 is 0. The van der Waals surface area contributed by atoms with E-state index < -0.39 is 0 Å². The van der Waals surface area contributed by atoms with E-state index in [1.807, 2.05) is 0 Å². The average Bonchev–Trinajstić information content (AvgIpc) is 2.93. The number of nitrogens with one attached hydrogen (secondary N) is 2. The molecule has 2 aliphatic rings. The van der Waals surface area contributed by atoms with Gasteiger partial charge in [-0.05, 0) is 50.6 Å². The summed E-state index contributed by atoms with van der Waals surface area (Å²) in [6.07, 6.45) is 5.47. The van der Waals surface area contributed by atoms with E-state index in [1.54, 1.807) is 0 Å². The number of carbonyl (C=O) groups excluding carboxylic acids is 1. The van der Waals surface area contributed by atoms with Crippen LogP contribution in [0.3, 0.4) is 0 Å². The summed E-state index contributed by atoms with van der Waals surface area (Å²) in [6, 6.07) is 0.491. The molecule has 1 saturated heterocycles. The highest BCUT2D eigenvalue weighted by atomic mass is 35.5. The van der Waals surface area contributed by atoms with Crippen LogP contribution >= 0.6 is 12.4 Å². The van der Waals surface area contributed by atoms with E-state index >= 15 is 0 Å². The van der Waals surface area contributed by atoms with Crippen molar-refractivity contribution in [2.24, 2.45) is 11.8 Å². The second kappa shape index (κ2) is 6.45. The van der Waals surface area contributed by atoms with Crippen LogP contribution in [0.15, 0.2) is 0 Å². The summed E-state index contributed by atoms with van der Waals surface area (Å²) in [7, 11) is 0. The lowest BCUT2D eigenvalue weighted by atomic mass is 9.93. The second-order valence-corrected chi connectivity index (χ2v) is 5.12. The molecule has 0 aromatic carbocycles. The van der Waals surface area contributed by atoms with Crippen molar-refractivity contribution in [1.82, 2.24) is 10.6 Å². The van der Waals surface area contributed by atoms with E-state index in [1.165, 1.54) is 19.3 Å². The molecule has 2 fully saturated rings. The normalized spacial score (nSPS) is 29.3. The van der Waals surface area contributed by atoms with Crippen molar-refractivity contribution in [1.29, 1.82) is 0 Å². The van der Waals surface area contributed by atoms with Gasteiger partial charge >= 0.3 is 0 Å². The van der Waals surface area contributed by atoms with Gasteiger partial charge in [0.25, 0.3) is 0 Å². The Morgan fingerprint density at radius 2 is 2.00 bits per heavy atom. The summed E-state index contributed by atoms with van der Waals surface area (Å²) in [5.74, 6) is 1.75. The van der Waals surface area contributed by atoms with Crippen LogP contribution in [0.4, 0.5) is 0 Å². The van der Waals surface area contributed by atoms with Crippen molar-refractivity contribution in [2.45, 2.75) is 45.1 Å². The lowest BCUT2D eigenvalue weighted by Crippen LogP contribution is -2.30. The SMILES string of the molecule is CC1CC1NC(=O)CCC1CCNCC1.Cl. The summed E-state index contributed by atoms with van der Waals surface area (Å²) in [5.41, 5.74) is 0. The van der Waals surface area contributed by atoms with Gasteiger partial charge in [0.1, 0.15) is 0 Å². The number of carbonyl (C=O) groups is 1. The van der Waals surface area contributed by atoms with E-state index in [2.05, 4.69) is 17.6 Å². The molecule has 2 N–H and O–H groups in total. The first-order valence-corrected chi connectivity index (χ1v) is 6.26. The van der Waals surface area contributed by atoms with Gasteiger partial charge in [-0.25, -0.2) is 0 Å². The van der Waals surface area contributed by atoms with Gasteiger partial charge in [0.2, 0.25) is 5.91 Å². The molecule has 4 heteroatoms. The number of piperidine rings is 1. The van der Waals surface area contributed by atoms with Crippen molar-refractivity contribution in [3.8, 4) is 0 Å². The van der Waals surface area contributed by atoms with Crippen molar-refractivity contribution >= 4 is 18.3 Å². The molecule has 0 aromatic rings. The predicted octanol–water partition coefficient (Wildman–Crippen LogP) is 1.71. The molecule has 1 heterocycles. The smallest absolute Gasteiger partial charge is 0.220 e. The predicted molar refractivity (Wildman–Crippen MR) is 67.8 cm³/mol. The number of amides is 1. The van der Waals surface area contributed by atoms with Crippen LogP contribution in [-0.2, 0) is 4.79 Å². The van der Waals surface area contributed by atoms with E-state index in [-0.39, 0.29) is 18.3 Å². The zero-order valence-corrected chi connectivity index (χ0v) is 10.8. The van der Waals surface area contributed by atoms with Gasteiger partial charge in [-0.2, -0.15) is 0 Å². The number of halogens is 1. The van der Waals surface area contributed by atoms with Crippen LogP contribution in [0, 0.1) is 11.8 Å². The van der Waals surface area contributed by atoms with E-state index in [9.17, 15) is 4.79 Å². The minimum Gasteiger partial charge on any atom is -0.353 e. The minimum absolute atomic E-state index is 0. The Kier molecular flexibility index (Phi) is 5.56. The number of hydrogen-bond donors (Lipinski definition) is 2. The molecule has 0 aromatic heterocycles. The highest BCUT2D eigenvalue weighted by Gasteiger charge is 2.33. The standard InChI is InChI=1S/C12H22N2O.ClH/c1-9-8-11(9)14-12(15)3-2-10-4-6-13-7-5-10;/h9-11,13H,2-8H2,1H3,(H,14,15);1H. The fraction of sp³-hybridized carbons (Fsp3) is 0.917. The quantitative estimate of drug-likeness (QED) is 0.793. The maximum Gasteiger partial charge on any atom is 0.220 e. The van der Waals surface area contributed by atoms with Gasteiger partial charge in [0, 0.05) is 12.5 Å². The van der Waals surface area contributed by atoms with Crippen LogP contribution in [0.5, 0.6) is 0 Å². The lowest BCUT2D eigenvalue weighted by molar-refractivity contribution is -0.121. The molecule has 16 heavy (non-hydrogen) atoms. The maximum absolute atomic E-state index is 11.6. The monoisotopic (exact) mass is 246 g/mol. The molecule has 1 aliphatic carbocycles. The van der Waals surface area contributed by atoms with E-state index in [0.717, 1.165) is 31.8 Å². The average molecular weight is 247 g/mol. The highest BCUT2D eigenvalue weighted by molar-refractivity contribution is 5.85. The summed E-state index contributed by atoms with van der Waals surface area (Å²) in [5, 5.41) is 6.44. The molecular weight excluding hydrogens is 224 g/mol. The van der Waals surface area contributed by atoms with Gasteiger partial charge in [0.15, 0.2) is 0 Å². The largest absolute Gasteiger partial charge is 0.353 e. The molecule has 1 amide bonds. The van der Waals surface area contributed by atoms with Crippen LogP contribution in [0.25, 0.3) is 0 Å². The van der Waals surface area contributed by atoms with Crippen LogP contribution < -0.4 is 10.6 Å². The van der Waals surface area contributed by atoms with Crippen molar-refractivity contribution in [2.75, 3.05) is 13.1 Å². The molecule has 0 spiro atoms. The Hall–Kier alpha value is -0.280. The Labute approximate surface area is 104 Å². The van der Waals surface area contributed by atoms with Crippen molar-refractivity contribution < 1.29 is 4.79 Å². The second-order valence-electron chi connectivity index (χ2n) is 5.12. The Balaban J connectivity index is 0.00000128. The zero-order chi connectivity index (χ0) is 10.7. The molecular formula is C12H23ClN2O. The molecule has 3 nitrogen and oxygen atoms in total. The van der Waals surface area contributed by atoms with E-state index in [0.29, 0.717) is 12.0 Å². The van der Waals surface area contributed by atoms with Gasteiger partial charge in [0.05, 0.1) is 0 Å². The van der Waals surface area contributed by atoms with Crippen LogP contribution in [-0.4, -0.2) is 25.0 Å². The fourth-order valence-electron chi connectivity index (χ4n) is 2.31. The summed E-state index contributed by atoms with van der Waals surface area (Å²) < 4.78 is 0. The van der Waals surface area contributed by atoms with Crippen molar-refractivity contribution in [3.05, 3.63) is 0 Å². The maximum atomic E-state index is 11.6. The first-order valence-electron chi connectivity index (χ1n) is 6.26. The number of hydrogen-bond acceptors (Lipinski definition) is 2. The van der Waals surface area contributed by atoms with Gasteiger partial charge in [-0.15, -0.1) is 12.4 Å². The summed E-state index contributed by atoms with van der Waals surface area (Å²) in [6.45, 7) is 4.45. The van der Waals surface area contributed by atoms with Gasteiger partial charge in [-0.1, -0.05) is 6.92 Å². The molecule has 1 aliphatic heterocycles. The topological polar surface area (TPSA) is 41.1 Å². The third-order valence-electron chi connectivity index (χ3n) is 3.69. The fourth-order valence-corrected chi connectivity index (χ4v) is 2.31. The van der Waals surface area contributed by atoms with Gasteiger partial charge < -0.3 is 10.6 Å². The molecule has 2 atom stereocenters. The summed E-state index contributed by atoms with van der Waals surface area (Å²) in [4.78, 5) is 11.6.